The van der Waals surface area contributed by atoms with Crippen LogP contribution >= 0.6 is 0 Å². The molecule has 3 aromatic rings. The molecule has 0 aliphatic rings. The molecule has 0 aliphatic heterocycles. The summed E-state index contributed by atoms with van der Waals surface area (Å²) in [6, 6.07) is 26.0. The van der Waals surface area contributed by atoms with E-state index in [2.05, 4.69) is 46.4 Å². The number of sulfonamides is 1. The average molecular weight is 381 g/mol. The van der Waals surface area contributed by atoms with Gasteiger partial charge < -0.3 is 5.32 Å². The summed E-state index contributed by atoms with van der Waals surface area (Å²) >= 11 is 0. The van der Waals surface area contributed by atoms with Gasteiger partial charge in [-0.15, -0.1) is 0 Å². The predicted molar refractivity (Wildman–Crippen MR) is 113 cm³/mol. The molecule has 3 rings (SSSR count). The first-order chi connectivity index (χ1) is 12.9. The molecule has 3 aromatic carbocycles. The molecule has 0 bridgehead atoms. The van der Waals surface area contributed by atoms with E-state index in [-0.39, 0.29) is 0 Å². The minimum Gasteiger partial charge on any atom is -0.381 e. The van der Waals surface area contributed by atoms with Gasteiger partial charge in [0.1, 0.15) is 0 Å². The van der Waals surface area contributed by atoms with Crippen molar-refractivity contribution in [2.45, 2.75) is 25.6 Å². The predicted octanol–water partition coefficient (Wildman–Crippen LogP) is 5.12. The maximum Gasteiger partial charge on any atom is 0.235 e. The normalized spacial score (nSPS) is 11.4. The monoisotopic (exact) mass is 380 g/mol. The molecule has 0 unspecified atom stereocenters. The molecular weight excluding hydrogens is 356 g/mol. The van der Waals surface area contributed by atoms with Gasteiger partial charge in [0, 0.05) is 17.9 Å². The van der Waals surface area contributed by atoms with E-state index in [1.54, 1.807) is 26.0 Å². The third-order valence-corrected chi connectivity index (χ3v) is 6.08. The molecule has 0 saturated carbocycles. The summed E-state index contributed by atoms with van der Waals surface area (Å²) in [4.78, 5) is 0. The Balaban J connectivity index is 1.59. The lowest BCUT2D eigenvalue weighted by Gasteiger charge is -2.12. The lowest BCUT2D eigenvalue weighted by molar-refractivity contribution is 0.593. The van der Waals surface area contributed by atoms with Crippen LogP contribution in [0.15, 0.2) is 78.9 Å². The van der Waals surface area contributed by atoms with Crippen LogP contribution in [0, 0.1) is 0 Å². The van der Waals surface area contributed by atoms with Gasteiger partial charge in [-0.25, -0.2) is 8.42 Å². The molecule has 5 heteroatoms. The highest BCUT2D eigenvalue weighted by molar-refractivity contribution is 7.93. The van der Waals surface area contributed by atoms with Crippen LogP contribution in [0.1, 0.15) is 19.4 Å². The molecule has 0 amide bonds. The van der Waals surface area contributed by atoms with Crippen molar-refractivity contribution in [3.8, 4) is 11.1 Å². The Hall–Kier alpha value is -2.79. The Morgan fingerprint density at radius 3 is 1.89 bits per heavy atom. The maximum absolute atomic E-state index is 11.9. The summed E-state index contributed by atoms with van der Waals surface area (Å²) in [6.45, 7) is 3.98. The number of benzene rings is 3. The zero-order valence-corrected chi connectivity index (χ0v) is 16.3. The molecule has 0 saturated heterocycles. The van der Waals surface area contributed by atoms with Crippen LogP contribution in [0.2, 0.25) is 0 Å². The molecule has 0 aromatic heterocycles. The van der Waals surface area contributed by atoms with Crippen molar-refractivity contribution in [3.63, 3.8) is 0 Å². The second kappa shape index (κ2) is 8.27. The SMILES string of the molecule is CC(C)S(=O)(=O)Nc1ccc(CNc2ccc(-c3ccccc3)cc2)cc1. The van der Waals surface area contributed by atoms with Crippen molar-refractivity contribution in [1.82, 2.24) is 0 Å². The van der Waals surface area contributed by atoms with Gasteiger partial charge in [-0.05, 0) is 54.8 Å². The van der Waals surface area contributed by atoms with Crippen molar-refractivity contribution in [1.29, 1.82) is 0 Å². The highest BCUT2D eigenvalue weighted by Gasteiger charge is 2.15. The topological polar surface area (TPSA) is 58.2 Å². The van der Waals surface area contributed by atoms with E-state index >= 15 is 0 Å². The minimum absolute atomic E-state index is 0.460. The largest absolute Gasteiger partial charge is 0.381 e. The van der Waals surface area contributed by atoms with Crippen molar-refractivity contribution in [2.24, 2.45) is 0 Å². The minimum atomic E-state index is -3.31. The van der Waals surface area contributed by atoms with E-state index in [9.17, 15) is 8.42 Å². The molecule has 27 heavy (non-hydrogen) atoms. The number of anilines is 2. The van der Waals surface area contributed by atoms with Crippen molar-refractivity contribution in [2.75, 3.05) is 10.0 Å². The molecule has 0 spiro atoms. The van der Waals surface area contributed by atoms with E-state index in [1.807, 2.05) is 30.3 Å². The standard InChI is InChI=1S/C22H24N2O2S/c1-17(2)27(25,26)24-22-12-8-18(9-13-22)16-23-21-14-10-20(11-15-21)19-6-4-3-5-7-19/h3-15,17,23-24H,16H2,1-2H3. The summed E-state index contributed by atoms with van der Waals surface area (Å²) in [5.74, 6) is 0. The molecule has 0 atom stereocenters. The van der Waals surface area contributed by atoms with Gasteiger partial charge in [0.25, 0.3) is 0 Å². The third kappa shape index (κ3) is 5.11. The summed E-state index contributed by atoms with van der Waals surface area (Å²) in [5.41, 5.74) is 5.08. The quantitative estimate of drug-likeness (QED) is 0.598. The molecule has 0 aliphatic carbocycles. The summed E-state index contributed by atoms with van der Waals surface area (Å²) in [7, 11) is -3.31. The third-order valence-electron chi connectivity index (χ3n) is 4.32. The van der Waals surface area contributed by atoms with Crippen LogP contribution < -0.4 is 10.0 Å². The zero-order chi connectivity index (χ0) is 19.3. The van der Waals surface area contributed by atoms with Gasteiger partial charge in [0.05, 0.1) is 5.25 Å². The molecule has 2 N–H and O–H groups in total. The Bertz CT molecular complexity index is 965. The summed E-state index contributed by atoms with van der Waals surface area (Å²) in [5, 5.41) is 2.93. The van der Waals surface area contributed by atoms with E-state index in [4.69, 9.17) is 0 Å². The molecule has 140 valence electrons. The van der Waals surface area contributed by atoms with Crippen LogP contribution in [-0.4, -0.2) is 13.7 Å². The molecule has 0 heterocycles. The first kappa shape index (κ1) is 19.0. The van der Waals surface area contributed by atoms with Gasteiger partial charge in [-0.1, -0.05) is 54.6 Å². The Morgan fingerprint density at radius 2 is 1.30 bits per heavy atom. The lowest BCUT2D eigenvalue weighted by atomic mass is 10.1. The van der Waals surface area contributed by atoms with E-state index in [1.165, 1.54) is 11.1 Å². The van der Waals surface area contributed by atoms with Gasteiger partial charge in [-0.3, -0.25) is 4.72 Å². The van der Waals surface area contributed by atoms with E-state index in [0.29, 0.717) is 12.2 Å². The number of hydrogen-bond acceptors (Lipinski definition) is 3. The van der Waals surface area contributed by atoms with Gasteiger partial charge in [-0.2, -0.15) is 0 Å². The fourth-order valence-corrected chi connectivity index (χ4v) is 3.29. The molecule has 0 radical (unpaired) electrons. The van der Waals surface area contributed by atoms with Crippen LogP contribution in [0.4, 0.5) is 11.4 Å². The molecule has 0 fully saturated rings. The van der Waals surface area contributed by atoms with Crippen LogP contribution in [-0.2, 0) is 16.6 Å². The fourth-order valence-electron chi connectivity index (χ4n) is 2.59. The van der Waals surface area contributed by atoms with Crippen molar-refractivity contribution >= 4 is 21.4 Å². The Kier molecular flexibility index (Phi) is 5.81. The first-order valence-corrected chi connectivity index (χ1v) is 10.5. The van der Waals surface area contributed by atoms with Gasteiger partial charge >= 0.3 is 0 Å². The average Bonchev–Trinajstić information content (AvgIpc) is 2.68. The Morgan fingerprint density at radius 1 is 0.741 bits per heavy atom. The van der Waals surface area contributed by atoms with E-state index < -0.39 is 15.3 Å². The Labute approximate surface area is 161 Å². The molecule has 4 nitrogen and oxygen atoms in total. The fraction of sp³-hybridized carbons (Fsp3) is 0.182. The van der Waals surface area contributed by atoms with Gasteiger partial charge in [0.15, 0.2) is 0 Å². The van der Waals surface area contributed by atoms with Crippen molar-refractivity contribution in [3.05, 3.63) is 84.4 Å². The zero-order valence-electron chi connectivity index (χ0n) is 15.5. The van der Waals surface area contributed by atoms with Gasteiger partial charge in [0.2, 0.25) is 10.0 Å². The van der Waals surface area contributed by atoms with Crippen LogP contribution in [0.5, 0.6) is 0 Å². The second-order valence-corrected chi connectivity index (χ2v) is 8.93. The summed E-state index contributed by atoms with van der Waals surface area (Å²) < 4.78 is 26.4. The van der Waals surface area contributed by atoms with Crippen LogP contribution in [0.3, 0.4) is 0 Å². The highest BCUT2D eigenvalue weighted by atomic mass is 32.2. The maximum atomic E-state index is 11.9. The second-order valence-electron chi connectivity index (χ2n) is 6.69. The van der Waals surface area contributed by atoms with E-state index in [0.717, 1.165) is 11.3 Å². The lowest BCUT2D eigenvalue weighted by Crippen LogP contribution is -2.22. The smallest absolute Gasteiger partial charge is 0.235 e. The number of nitrogens with one attached hydrogen (secondary N) is 2. The number of hydrogen-bond donors (Lipinski definition) is 2. The highest BCUT2D eigenvalue weighted by Crippen LogP contribution is 2.21. The summed E-state index contributed by atoms with van der Waals surface area (Å²) in [6.07, 6.45) is 0. The van der Waals surface area contributed by atoms with Crippen molar-refractivity contribution < 1.29 is 8.42 Å². The van der Waals surface area contributed by atoms with Crippen LogP contribution in [0.25, 0.3) is 11.1 Å². The first-order valence-electron chi connectivity index (χ1n) is 8.94. The number of rotatable bonds is 7. The molecular formula is C22H24N2O2S.